The van der Waals surface area contributed by atoms with Crippen LogP contribution in [0.3, 0.4) is 0 Å². The van der Waals surface area contributed by atoms with Crippen molar-refractivity contribution in [3.05, 3.63) is 40.3 Å². The summed E-state index contributed by atoms with van der Waals surface area (Å²) in [4.78, 5) is 23.2. The number of aryl methyl sites for hydroxylation is 1. The standard InChI is InChI=1S/C14H19N5O2/c1-10(2)4-3-9-18-14(21)19(17-16-18)12-7-5-11(6-8-12)13(15)20/h5-8,10H,3-4,9H2,1-2H3,(H2,15,20). The molecule has 0 spiro atoms. The SMILES string of the molecule is CC(C)CCCn1nnn(-c2ccc(C(N)=O)cc2)c1=O. The summed E-state index contributed by atoms with van der Waals surface area (Å²) in [5.41, 5.74) is 5.83. The molecule has 2 N–H and O–H groups in total. The van der Waals surface area contributed by atoms with Crippen molar-refractivity contribution in [1.29, 1.82) is 0 Å². The highest BCUT2D eigenvalue weighted by atomic mass is 16.2. The lowest BCUT2D eigenvalue weighted by atomic mass is 10.1. The first-order valence-electron chi connectivity index (χ1n) is 6.92. The first-order chi connectivity index (χ1) is 9.99. The number of hydrogen-bond donors (Lipinski definition) is 1. The summed E-state index contributed by atoms with van der Waals surface area (Å²) in [5.74, 6) is 0.0864. The van der Waals surface area contributed by atoms with Crippen LogP contribution in [-0.4, -0.2) is 25.7 Å². The highest BCUT2D eigenvalue weighted by Crippen LogP contribution is 2.07. The number of nitrogens with two attached hydrogens (primary N) is 1. The summed E-state index contributed by atoms with van der Waals surface area (Å²) in [6.45, 7) is 4.83. The smallest absolute Gasteiger partial charge is 0.366 e. The lowest BCUT2D eigenvalue weighted by molar-refractivity contribution is 0.100. The van der Waals surface area contributed by atoms with Gasteiger partial charge in [0.2, 0.25) is 5.91 Å². The molecule has 1 aromatic heterocycles. The Labute approximate surface area is 122 Å². The highest BCUT2D eigenvalue weighted by Gasteiger charge is 2.09. The molecule has 0 saturated carbocycles. The largest absolute Gasteiger partial charge is 0.368 e. The van der Waals surface area contributed by atoms with E-state index in [1.807, 2.05) is 0 Å². The molecule has 0 aliphatic rings. The Hall–Kier alpha value is -2.44. The average Bonchev–Trinajstić information content (AvgIpc) is 2.80. The van der Waals surface area contributed by atoms with Crippen molar-refractivity contribution in [2.45, 2.75) is 33.2 Å². The van der Waals surface area contributed by atoms with Gasteiger partial charge in [-0.15, -0.1) is 0 Å². The van der Waals surface area contributed by atoms with Crippen molar-refractivity contribution in [3.8, 4) is 5.69 Å². The summed E-state index contributed by atoms with van der Waals surface area (Å²) >= 11 is 0. The molecule has 0 aliphatic heterocycles. The normalized spacial score (nSPS) is 11.0. The van der Waals surface area contributed by atoms with E-state index in [1.165, 1.54) is 9.36 Å². The van der Waals surface area contributed by atoms with Gasteiger partial charge < -0.3 is 5.73 Å². The maximum absolute atomic E-state index is 12.2. The second-order valence-corrected chi connectivity index (χ2v) is 5.34. The van der Waals surface area contributed by atoms with E-state index in [0.717, 1.165) is 12.8 Å². The van der Waals surface area contributed by atoms with Gasteiger partial charge in [-0.25, -0.2) is 4.79 Å². The van der Waals surface area contributed by atoms with Crippen LogP contribution < -0.4 is 11.4 Å². The van der Waals surface area contributed by atoms with Crippen LogP contribution >= 0.6 is 0 Å². The zero-order chi connectivity index (χ0) is 15.4. The van der Waals surface area contributed by atoms with E-state index in [1.54, 1.807) is 24.3 Å². The van der Waals surface area contributed by atoms with Gasteiger partial charge in [-0.05, 0) is 53.5 Å². The van der Waals surface area contributed by atoms with Crippen LogP contribution in [0.25, 0.3) is 5.69 Å². The molecule has 0 radical (unpaired) electrons. The zero-order valence-electron chi connectivity index (χ0n) is 12.2. The third-order valence-electron chi connectivity index (χ3n) is 3.19. The number of benzene rings is 1. The van der Waals surface area contributed by atoms with Gasteiger partial charge in [0.15, 0.2) is 0 Å². The summed E-state index contributed by atoms with van der Waals surface area (Å²) < 4.78 is 2.56. The highest BCUT2D eigenvalue weighted by molar-refractivity contribution is 5.92. The number of tetrazole rings is 1. The monoisotopic (exact) mass is 289 g/mol. The van der Waals surface area contributed by atoms with Crippen molar-refractivity contribution in [1.82, 2.24) is 19.8 Å². The molecular formula is C14H19N5O2. The van der Waals surface area contributed by atoms with Gasteiger partial charge in [0.05, 0.1) is 5.69 Å². The molecule has 1 aromatic carbocycles. The summed E-state index contributed by atoms with van der Waals surface area (Å²) in [6.07, 6.45) is 1.92. The zero-order valence-corrected chi connectivity index (χ0v) is 12.2. The Bertz CT molecular complexity index is 669. The Balaban J connectivity index is 2.16. The molecule has 0 atom stereocenters. The molecular weight excluding hydrogens is 270 g/mol. The predicted octanol–water partition coefficient (Wildman–Crippen LogP) is 0.964. The molecule has 1 heterocycles. The fraction of sp³-hybridized carbons (Fsp3) is 0.429. The molecule has 0 aliphatic carbocycles. The van der Waals surface area contributed by atoms with E-state index in [4.69, 9.17) is 5.73 Å². The van der Waals surface area contributed by atoms with Gasteiger partial charge in [-0.1, -0.05) is 13.8 Å². The van der Waals surface area contributed by atoms with E-state index >= 15 is 0 Å². The number of amides is 1. The Kier molecular flexibility index (Phi) is 4.52. The summed E-state index contributed by atoms with van der Waals surface area (Å²) in [6, 6.07) is 6.35. The maximum Gasteiger partial charge on any atom is 0.368 e. The van der Waals surface area contributed by atoms with Crippen LogP contribution in [0.5, 0.6) is 0 Å². The van der Waals surface area contributed by atoms with Crippen LogP contribution in [-0.2, 0) is 6.54 Å². The van der Waals surface area contributed by atoms with Gasteiger partial charge in [-0.2, -0.15) is 9.36 Å². The minimum absolute atomic E-state index is 0.286. The minimum atomic E-state index is -0.508. The van der Waals surface area contributed by atoms with E-state index in [2.05, 4.69) is 24.3 Å². The second kappa shape index (κ2) is 6.34. The van der Waals surface area contributed by atoms with Crippen molar-refractivity contribution in [2.24, 2.45) is 11.7 Å². The maximum atomic E-state index is 12.2. The predicted molar refractivity (Wildman–Crippen MR) is 78.2 cm³/mol. The van der Waals surface area contributed by atoms with Crippen LogP contribution in [0.1, 0.15) is 37.0 Å². The number of hydrogen-bond acceptors (Lipinski definition) is 4. The molecule has 0 saturated heterocycles. The minimum Gasteiger partial charge on any atom is -0.366 e. The van der Waals surface area contributed by atoms with Gasteiger partial charge >= 0.3 is 5.69 Å². The number of primary amides is 1. The molecule has 1 amide bonds. The van der Waals surface area contributed by atoms with Crippen molar-refractivity contribution in [2.75, 3.05) is 0 Å². The van der Waals surface area contributed by atoms with Gasteiger partial charge in [0, 0.05) is 12.1 Å². The quantitative estimate of drug-likeness (QED) is 0.856. The molecule has 2 aromatic rings. The van der Waals surface area contributed by atoms with Gasteiger partial charge in [-0.3, -0.25) is 4.79 Å². The Morgan fingerprint density at radius 3 is 2.48 bits per heavy atom. The van der Waals surface area contributed by atoms with E-state index in [0.29, 0.717) is 23.7 Å². The molecule has 0 fully saturated rings. The lowest BCUT2D eigenvalue weighted by Crippen LogP contribution is -2.24. The third-order valence-corrected chi connectivity index (χ3v) is 3.19. The Morgan fingerprint density at radius 2 is 1.90 bits per heavy atom. The molecule has 7 nitrogen and oxygen atoms in total. The van der Waals surface area contributed by atoms with Crippen LogP contribution in [0.15, 0.2) is 29.1 Å². The molecule has 0 bridgehead atoms. The van der Waals surface area contributed by atoms with Crippen molar-refractivity contribution < 1.29 is 4.79 Å². The third kappa shape index (κ3) is 3.56. The van der Waals surface area contributed by atoms with Crippen LogP contribution in [0.4, 0.5) is 0 Å². The fourth-order valence-corrected chi connectivity index (χ4v) is 1.99. The average molecular weight is 289 g/mol. The molecule has 21 heavy (non-hydrogen) atoms. The number of rotatable bonds is 6. The fourth-order valence-electron chi connectivity index (χ4n) is 1.99. The first kappa shape index (κ1) is 15.0. The molecule has 7 heteroatoms. The first-order valence-corrected chi connectivity index (χ1v) is 6.92. The van der Waals surface area contributed by atoms with E-state index in [-0.39, 0.29) is 5.69 Å². The number of aromatic nitrogens is 4. The van der Waals surface area contributed by atoms with Gasteiger partial charge in [0.25, 0.3) is 0 Å². The topological polar surface area (TPSA) is 95.8 Å². The van der Waals surface area contributed by atoms with Crippen molar-refractivity contribution in [3.63, 3.8) is 0 Å². The van der Waals surface area contributed by atoms with E-state index in [9.17, 15) is 9.59 Å². The van der Waals surface area contributed by atoms with Crippen LogP contribution in [0, 0.1) is 5.92 Å². The van der Waals surface area contributed by atoms with Crippen molar-refractivity contribution >= 4 is 5.91 Å². The van der Waals surface area contributed by atoms with Gasteiger partial charge in [0.1, 0.15) is 0 Å². The summed E-state index contributed by atoms with van der Waals surface area (Å²) in [5, 5.41) is 7.73. The van der Waals surface area contributed by atoms with Crippen LogP contribution in [0.2, 0.25) is 0 Å². The second-order valence-electron chi connectivity index (χ2n) is 5.34. The molecule has 0 unspecified atom stereocenters. The molecule has 2 rings (SSSR count). The lowest BCUT2D eigenvalue weighted by Gasteiger charge is -2.02. The molecule has 112 valence electrons. The Morgan fingerprint density at radius 1 is 1.24 bits per heavy atom. The number of carbonyl (C=O) groups is 1. The summed E-state index contributed by atoms with van der Waals surface area (Å²) in [7, 11) is 0. The number of nitrogens with zero attached hydrogens (tertiary/aromatic N) is 4. The number of carbonyl (C=O) groups excluding carboxylic acids is 1. The van der Waals surface area contributed by atoms with E-state index < -0.39 is 5.91 Å².